The normalized spacial score (nSPS) is 10.3. The number of ketones is 1. The molecule has 3 aromatic rings. The van der Waals surface area contributed by atoms with E-state index in [4.69, 9.17) is 0 Å². The average Bonchev–Trinajstić information content (AvgIpc) is 2.64. The number of nitro groups is 1. The highest BCUT2D eigenvalue weighted by molar-refractivity contribution is 6.09. The van der Waals surface area contributed by atoms with Crippen molar-refractivity contribution in [2.45, 2.75) is 6.92 Å². The molecule has 0 aromatic heterocycles. The van der Waals surface area contributed by atoms with E-state index in [0.717, 1.165) is 5.56 Å². The summed E-state index contributed by atoms with van der Waals surface area (Å²) in [5.41, 5.74) is 3.12. The molecule has 0 saturated carbocycles. The Labute approximate surface area is 145 Å². The van der Waals surface area contributed by atoms with Crippen molar-refractivity contribution < 1.29 is 9.72 Å². The molecule has 0 aliphatic carbocycles. The summed E-state index contributed by atoms with van der Waals surface area (Å²) < 4.78 is 0. The molecule has 1 N–H and O–H groups in total. The summed E-state index contributed by atoms with van der Waals surface area (Å²) in [6, 6.07) is 20.9. The van der Waals surface area contributed by atoms with Crippen LogP contribution in [0.2, 0.25) is 0 Å². The molecule has 5 heteroatoms. The lowest BCUT2D eigenvalue weighted by Gasteiger charge is -2.08. The first-order valence-corrected chi connectivity index (χ1v) is 7.76. The Kier molecular flexibility index (Phi) is 4.57. The van der Waals surface area contributed by atoms with Gasteiger partial charge in [-0.3, -0.25) is 14.9 Å². The van der Waals surface area contributed by atoms with Gasteiger partial charge in [0, 0.05) is 22.9 Å². The minimum absolute atomic E-state index is 0.0180. The predicted molar refractivity (Wildman–Crippen MR) is 97.4 cm³/mol. The van der Waals surface area contributed by atoms with E-state index in [1.807, 2.05) is 24.3 Å². The SMILES string of the molecule is Cc1ccc(Nc2ccc(C(=O)c3ccccc3)cc2)c([N+](=O)[O-])c1. The molecule has 0 heterocycles. The number of nitrogens with zero attached hydrogens (tertiary/aromatic N) is 1. The first-order valence-electron chi connectivity index (χ1n) is 7.76. The zero-order chi connectivity index (χ0) is 17.8. The molecule has 5 nitrogen and oxygen atoms in total. The number of rotatable bonds is 5. The standard InChI is InChI=1S/C20H16N2O3/c1-14-7-12-18(19(13-14)22(24)25)21-17-10-8-16(9-11-17)20(23)15-5-3-2-4-6-15/h2-13,21H,1H3. The third kappa shape index (κ3) is 3.72. The van der Waals surface area contributed by atoms with E-state index in [2.05, 4.69) is 5.32 Å². The maximum atomic E-state index is 12.4. The van der Waals surface area contributed by atoms with Gasteiger partial charge in [0.25, 0.3) is 5.69 Å². The smallest absolute Gasteiger partial charge is 0.292 e. The van der Waals surface area contributed by atoms with E-state index in [1.54, 1.807) is 49.4 Å². The Hall–Kier alpha value is -3.47. The van der Waals surface area contributed by atoms with Gasteiger partial charge in [-0.1, -0.05) is 36.4 Å². The number of anilines is 2. The first kappa shape index (κ1) is 16.4. The Balaban J connectivity index is 1.82. The summed E-state index contributed by atoms with van der Waals surface area (Å²) in [7, 11) is 0. The quantitative estimate of drug-likeness (QED) is 0.411. The highest BCUT2D eigenvalue weighted by Crippen LogP contribution is 2.28. The van der Waals surface area contributed by atoms with Crippen molar-refractivity contribution in [2.24, 2.45) is 0 Å². The van der Waals surface area contributed by atoms with Crippen LogP contribution in [-0.4, -0.2) is 10.7 Å². The van der Waals surface area contributed by atoms with Crippen molar-refractivity contribution in [1.82, 2.24) is 0 Å². The minimum atomic E-state index is -0.414. The second-order valence-electron chi connectivity index (χ2n) is 5.68. The fourth-order valence-corrected chi connectivity index (χ4v) is 2.52. The Bertz CT molecular complexity index is 919. The van der Waals surface area contributed by atoms with Gasteiger partial charge in [-0.25, -0.2) is 0 Å². The van der Waals surface area contributed by atoms with E-state index < -0.39 is 4.92 Å². The van der Waals surface area contributed by atoms with Crippen LogP contribution < -0.4 is 5.32 Å². The van der Waals surface area contributed by atoms with Gasteiger partial charge < -0.3 is 5.32 Å². The molecule has 0 atom stereocenters. The second kappa shape index (κ2) is 6.97. The van der Waals surface area contributed by atoms with E-state index >= 15 is 0 Å². The zero-order valence-electron chi connectivity index (χ0n) is 13.6. The number of carbonyl (C=O) groups is 1. The maximum absolute atomic E-state index is 12.4. The van der Waals surface area contributed by atoms with Gasteiger partial charge in [-0.05, 0) is 42.8 Å². The maximum Gasteiger partial charge on any atom is 0.292 e. The first-order chi connectivity index (χ1) is 12.0. The van der Waals surface area contributed by atoms with E-state index in [1.165, 1.54) is 6.07 Å². The Morgan fingerprint density at radius 2 is 1.56 bits per heavy atom. The van der Waals surface area contributed by atoms with Crippen LogP contribution in [0.25, 0.3) is 0 Å². The molecule has 124 valence electrons. The summed E-state index contributed by atoms with van der Waals surface area (Å²) in [5.74, 6) is -0.0616. The van der Waals surface area contributed by atoms with Gasteiger partial charge in [-0.2, -0.15) is 0 Å². The van der Waals surface area contributed by atoms with Crippen molar-refractivity contribution in [3.8, 4) is 0 Å². The van der Waals surface area contributed by atoms with Crippen LogP contribution in [-0.2, 0) is 0 Å². The number of nitrogens with one attached hydrogen (secondary N) is 1. The molecule has 0 aliphatic heterocycles. The molecule has 0 fully saturated rings. The molecule has 0 aliphatic rings. The summed E-state index contributed by atoms with van der Waals surface area (Å²) in [6.45, 7) is 1.81. The van der Waals surface area contributed by atoms with Crippen molar-refractivity contribution in [3.05, 3.63) is 99.6 Å². The summed E-state index contributed by atoms with van der Waals surface area (Å²) in [5, 5.41) is 14.2. The molecule has 0 spiro atoms. The summed E-state index contributed by atoms with van der Waals surface area (Å²) >= 11 is 0. The van der Waals surface area contributed by atoms with Crippen LogP contribution in [0.3, 0.4) is 0 Å². The Morgan fingerprint density at radius 1 is 0.920 bits per heavy atom. The lowest BCUT2D eigenvalue weighted by molar-refractivity contribution is -0.384. The lowest BCUT2D eigenvalue weighted by Crippen LogP contribution is -2.01. The minimum Gasteiger partial charge on any atom is -0.350 e. The Morgan fingerprint density at radius 3 is 2.20 bits per heavy atom. The van der Waals surface area contributed by atoms with E-state index in [0.29, 0.717) is 22.5 Å². The average molecular weight is 332 g/mol. The number of nitro benzene ring substituents is 1. The molecule has 3 rings (SSSR count). The molecule has 0 radical (unpaired) electrons. The van der Waals surface area contributed by atoms with Crippen LogP contribution >= 0.6 is 0 Å². The fourth-order valence-electron chi connectivity index (χ4n) is 2.52. The van der Waals surface area contributed by atoms with Crippen molar-refractivity contribution in [1.29, 1.82) is 0 Å². The zero-order valence-corrected chi connectivity index (χ0v) is 13.6. The summed E-state index contributed by atoms with van der Waals surface area (Å²) in [6.07, 6.45) is 0. The van der Waals surface area contributed by atoms with Crippen LogP contribution in [0, 0.1) is 17.0 Å². The third-order valence-electron chi connectivity index (χ3n) is 3.81. The van der Waals surface area contributed by atoms with Gasteiger partial charge in [0.2, 0.25) is 0 Å². The van der Waals surface area contributed by atoms with Crippen LogP contribution in [0.4, 0.5) is 17.1 Å². The molecular weight excluding hydrogens is 316 g/mol. The molecule has 0 unspecified atom stereocenters. The van der Waals surface area contributed by atoms with Crippen LogP contribution in [0.1, 0.15) is 21.5 Å². The number of benzene rings is 3. The second-order valence-corrected chi connectivity index (χ2v) is 5.68. The van der Waals surface area contributed by atoms with E-state index in [9.17, 15) is 14.9 Å². The molecular formula is C20H16N2O3. The largest absolute Gasteiger partial charge is 0.350 e. The van der Waals surface area contributed by atoms with Gasteiger partial charge in [0.05, 0.1) is 4.92 Å². The number of hydrogen-bond donors (Lipinski definition) is 1. The topological polar surface area (TPSA) is 72.2 Å². The molecule has 0 bridgehead atoms. The molecule has 25 heavy (non-hydrogen) atoms. The molecule has 3 aromatic carbocycles. The van der Waals surface area contributed by atoms with Gasteiger partial charge >= 0.3 is 0 Å². The highest BCUT2D eigenvalue weighted by Gasteiger charge is 2.14. The van der Waals surface area contributed by atoms with Crippen molar-refractivity contribution >= 4 is 22.8 Å². The van der Waals surface area contributed by atoms with Crippen LogP contribution in [0.5, 0.6) is 0 Å². The van der Waals surface area contributed by atoms with Crippen LogP contribution in [0.15, 0.2) is 72.8 Å². The predicted octanol–water partition coefficient (Wildman–Crippen LogP) is 4.88. The monoisotopic (exact) mass is 332 g/mol. The van der Waals surface area contributed by atoms with Gasteiger partial charge in [0.15, 0.2) is 5.78 Å². The highest BCUT2D eigenvalue weighted by atomic mass is 16.6. The molecule has 0 saturated heterocycles. The lowest BCUT2D eigenvalue weighted by atomic mass is 10.0. The fraction of sp³-hybridized carbons (Fsp3) is 0.0500. The molecule has 0 amide bonds. The number of carbonyl (C=O) groups excluding carboxylic acids is 1. The summed E-state index contributed by atoms with van der Waals surface area (Å²) in [4.78, 5) is 23.2. The van der Waals surface area contributed by atoms with E-state index in [-0.39, 0.29) is 11.5 Å². The van der Waals surface area contributed by atoms with Crippen molar-refractivity contribution in [2.75, 3.05) is 5.32 Å². The number of aryl methyl sites for hydroxylation is 1. The van der Waals surface area contributed by atoms with Gasteiger partial charge in [0.1, 0.15) is 5.69 Å². The van der Waals surface area contributed by atoms with Crippen molar-refractivity contribution in [3.63, 3.8) is 0 Å². The third-order valence-corrected chi connectivity index (χ3v) is 3.81. The number of hydrogen-bond acceptors (Lipinski definition) is 4. The van der Waals surface area contributed by atoms with Gasteiger partial charge in [-0.15, -0.1) is 0 Å².